The number of rotatable bonds is 5. The first-order valence-corrected chi connectivity index (χ1v) is 11.5. The molecule has 3 heterocycles. The summed E-state index contributed by atoms with van der Waals surface area (Å²) in [5.41, 5.74) is 12.5. The number of nitrogens with zero attached hydrogens (tertiary/aromatic N) is 6. The average molecular weight is 492 g/mol. The number of halogens is 1. The Labute approximate surface area is 207 Å². The van der Waals surface area contributed by atoms with Crippen molar-refractivity contribution >= 4 is 29.1 Å². The van der Waals surface area contributed by atoms with Gasteiger partial charge < -0.3 is 24.1 Å². The van der Waals surface area contributed by atoms with Crippen LogP contribution >= 0.6 is 11.9 Å². The molecule has 2 aromatic rings. The van der Waals surface area contributed by atoms with Crippen LogP contribution in [0.5, 0.6) is 11.5 Å². The number of carbonyl (C=O) groups excluding carboxylic acids is 1. The number of nitriles is 1. The van der Waals surface area contributed by atoms with Crippen molar-refractivity contribution in [1.29, 1.82) is 5.26 Å². The van der Waals surface area contributed by atoms with E-state index in [1.807, 2.05) is 23.1 Å². The highest BCUT2D eigenvalue weighted by Crippen LogP contribution is 2.47. The zero-order valence-corrected chi connectivity index (χ0v) is 19.5. The molecule has 0 radical (unpaired) electrons. The number of amides is 1. The Morgan fingerprint density at radius 1 is 1.23 bits per heavy atom. The lowest BCUT2D eigenvalue weighted by Crippen LogP contribution is -2.56. The lowest BCUT2D eigenvalue weighted by atomic mass is 9.81. The summed E-state index contributed by atoms with van der Waals surface area (Å²) in [6, 6.07) is 12.6. The van der Waals surface area contributed by atoms with E-state index in [0.717, 1.165) is 37.2 Å². The van der Waals surface area contributed by atoms with Gasteiger partial charge in [0.15, 0.2) is 12.5 Å². The first-order chi connectivity index (χ1) is 17.1. The Bertz CT molecular complexity index is 1290. The molecule has 0 bridgehead atoms. The summed E-state index contributed by atoms with van der Waals surface area (Å²) in [5.74, 6) is 0.425. The topological polar surface area (TPSA) is 127 Å². The van der Waals surface area contributed by atoms with Gasteiger partial charge in [0.1, 0.15) is 17.6 Å². The third-order valence-electron chi connectivity index (χ3n) is 6.74. The number of carbonyl (C=O) groups is 1. The summed E-state index contributed by atoms with van der Waals surface area (Å²) in [7, 11) is 0. The standard InChI is InChI=1S/C24H22ClN7O3/c25-35-19-12-17(11-18(13-19)34-15-28-30-27)23(33)31-8-5-24(6-9-31)22-2-1-7-32(22)21-10-16(14-26)3-4-20(21)29-24/h2-4,10-13,29H,1,5-9,15H2. The Kier molecular flexibility index (Phi) is 6.03. The molecule has 1 amide bonds. The van der Waals surface area contributed by atoms with Crippen molar-refractivity contribution in [3.63, 3.8) is 0 Å². The number of benzene rings is 2. The minimum atomic E-state index is -0.265. The predicted molar refractivity (Wildman–Crippen MR) is 130 cm³/mol. The highest BCUT2D eigenvalue weighted by atomic mass is 35.5. The van der Waals surface area contributed by atoms with Gasteiger partial charge in [-0.2, -0.15) is 5.26 Å². The highest BCUT2D eigenvalue weighted by molar-refractivity contribution is 6.09. The van der Waals surface area contributed by atoms with Crippen LogP contribution in [0.1, 0.15) is 35.2 Å². The number of piperidine rings is 1. The Morgan fingerprint density at radius 3 is 2.77 bits per heavy atom. The summed E-state index contributed by atoms with van der Waals surface area (Å²) in [5, 5.41) is 16.4. The molecule has 3 aliphatic rings. The molecule has 0 aromatic heterocycles. The number of ether oxygens (including phenoxy) is 1. The second kappa shape index (κ2) is 9.29. The van der Waals surface area contributed by atoms with E-state index in [1.165, 1.54) is 11.8 Å². The van der Waals surface area contributed by atoms with Gasteiger partial charge in [-0.05, 0) is 55.1 Å². The molecular weight excluding hydrogens is 470 g/mol. The molecule has 1 spiro atoms. The molecule has 1 fully saturated rings. The van der Waals surface area contributed by atoms with Gasteiger partial charge in [0.2, 0.25) is 0 Å². The molecule has 11 heteroatoms. The van der Waals surface area contributed by atoms with Crippen molar-refractivity contribution in [2.75, 3.05) is 36.6 Å². The van der Waals surface area contributed by atoms with E-state index < -0.39 is 0 Å². The molecule has 2 aromatic carbocycles. The van der Waals surface area contributed by atoms with Crippen molar-refractivity contribution in [2.45, 2.75) is 24.8 Å². The third kappa shape index (κ3) is 4.16. The number of hydrogen-bond donors (Lipinski definition) is 1. The van der Waals surface area contributed by atoms with Gasteiger partial charge in [-0.15, -0.1) is 0 Å². The van der Waals surface area contributed by atoms with E-state index in [9.17, 15) is 10.1 Å². The zero-order chi connectivity index (χ0) is 24.4. The number of nitrogens with one attached hydrogen (secondary N) is 1. The van der Waals surface area contributed by atoms with Gasteiger partial charge in [0.25, 0.3) is 5.91 Å². The van der Waals surface area contributed by atoms with Gasteiger partial charge in [-0.25, -0.2) is 0 Å². The lowest BCUT2D eigenvalue weighted by molar-refractivity contribution is 0.0694. The molecule has 3 aliphatic heterocycles. The van der Waals surface area contributed by atoms with Crippen molar-refractivity contribution in [1.82, 2.24) is 4.90 Å². The summed E-state index contributed by atoms with van der Waals surface area (Å²) < 4.78 is 10.2. The van der Waals surface area contributed by atoms with Crippen LogP contribution in [0.25, 0.3) is 10.4 Å². The number of hydrogen-bond acceptors (Lipinski definition) is 7. The van der Waals surface area contributed by atoms with Crippen molar-refractivity contribution in [3.05, 3.63) is 69.7 Å². The number of likely N-dealkylation sites (tertiary alicyclic amines) is 1. The first kappa shape index (κ1) is 22.7. The van der Waals surface area contributed by atoms with Crippen molar-refractivity contribution in [3.8, 4) is 17.6 Å². The fourth-order valence-corrected chi connectivity index (χ4v) is 5.21. The number of fused-ring (bicyclic) bond motifs is 4. The van der Waals surface area contributed by atoms with Crippen molar-refractivity contribution in [2.24, 2.45) is 5.11 Å². The van der Waals surface area contributed by atoms with Gasteiger partial charge in [-0.3, -0.25) is 4.79 Å². The predicted octanol–water partition coefficient (Wildman–Crippen LogP) is 4.93. The molecule has 0 atom stereocenters. The molecule has 1 saturated heterocycles. The largest absolute Gasteiger partial charge is 0.487 e. The minimum Gasteiger partial charge on any atom is -0.487 e. The van der Waals surface area contributed by atoms with Crippen LogP contribution < -0.4 is 19.2 Å². The minimum absolute atomic E-state index is 0.156. The Hall–Kier alpha value is -4.06. The van der Waals surface area contributed by atoms with Crippen molar-refractivity contribution < 1.29 is 13.8 Å². The number of azide groups is 1. The quantitative estimate of drug-likeness (QED) is 0.359. The molecule has 178 valence electrons. The van der Waals surface area contributed by atoms with Gasteiger partial charge in [0, 0.05) is 41.9 Å². The van der Waals surface area contributed by atoms with E-state index in [4.69, 9.17) is 26.4 Å². The lowest BCUT2D eigenvalue weighted by Gasteiger charge is -2.50. The van der Waals surface area contributed by atoms with Crippen LogP contribution in [-0.2, 0) is 0 Å². The fraction of sp³-hybridized carbons (Fsp3) is 0.333. The molecule has 0 unspecified atom stereocenters. The molecule has 5 rings (SSSR count). The average Bonchev–Trinajstić information content (AvgIpc) is 3.40. The van der Waals surface area contributed by atoms with E-state index in [-0.39, 0.29) is 23.9 Å². The maximum Gasteiger partial charge on any atom is 0.254 e. The summed E-state index contributed by atoms with van der Waals surface area (Å²) in [6.45, 7) is 1.79. The maximum atomic E-state index is 13.3. The molecule has 0 aliphatic carbocycles. The summed E-state index contributed by atoms with van der Waals surface area (Å²) in [4.78, 5) is 20.1. The molecule has 1 N–H and O–H groups in total. The van der Waals surface area contributed by atoms with E-state index in [0.29, 0.717) is 30.0 Å². The van der Waals surface area contributed by atoms with Crippen LogP contribution in [0.4, 0.5) is 11.4 Å². The van der Waals surface area contributed by atoms with Crippen LogP contribution in [0.3, 0.4) is 0 Å². The van der Waals surface area contributed by atoms with E-state index >= 15 is 0 Å². The Balaban J connectivity index is 1.35. The van der Waals surface area contributed by atoms with Crippen LogP contribution in [-0.4, -0.2) is 42.7 Å². The van der Waals surface area contributed by atoms with Gasteiger partial charge >= 0.3 is 0 Å². The van der Waals surface area contributed by atoms with E-state index in [1.54, 1.807) is 12.1 Å². The molecule has 10 nitrogen and oxygen atoms in total. The van der Waals surface area contributed by atoms with Crippen LogP contribution in [0.2, 0.25) is 0 Å². The molecule has 0 saturated carbocycles. The third-order valence-corrected chi connectivity index (χ3v) is 6.91. The van der Waals surface area contributed by atoms with E-state index in [2.05, 4.69) is 32.4 Å². The second-order valence-electron chi connectivity index (χ2n) is 8.65. The highest BCUT2D eigenvalue weighted by Gasteiger charge is 2.46. The summed E-state index contributed by atoms with van der Waals surface area (Å²) in [6.07, 6.45) is 4.70. The monoisotopic (exact) mass is 491 g/mol. The molecule has 35 heavy (non-hydrogen) atoms. The van der Waals surface area contributed by atoms with Crippen LogP contribution in [0.15, 0.2) is 53.3 Å². The summed E-state index contributed by atoms with van der Waals surface area (Å²) >= 11 is 5.53. The van der Waals surface area contributed by atoms with Gasteiger partial charge in [0.05, 0.1) is 28.5 Å². The fourth-order valence-electron chi connectivity index (χ4n) is 5.12. The first-order valence-electron chi connectivity index (χ1n) is 11.2. The SMILES string of the molecule is N#Cc1ccc2c(c1)N1CCC=C1C1(CCN(C(=O)c3cc(OCl)cc(OCN=[N+]=[N-])c3)CC1)N2. The molecular formula is C24H22ClN7O3. The normalized spacial score (nSPS) is 17.3. The zero-order valence-electron chi connectivity index (χ0n) is 18.8. The number of anilines is 2. The van der Waals surface area contributed by atoms with Gasteiger partial charge in [-0.1, -0.05) is 11.2 Å². The Morgan fingerprint density at radius 2 is 2.03 bits per heavy atom. The van der Waals surface area contributed by atoms with Crippen LogP contribution in [0, 0.1) is 11.3 Å². The second-order valence-corrected chi connectivity index (χ2v) is 8.80. The smallest absolute Gasteiger partial charge is 0.254 e. The maximum absolute atomic E-state index is 13.3.